The van der Waals surface area contributed by atoms with E-state index in [1.807, 2.05) is 54.6 Å². The van der Waals surface area contributed by atoms with Crippen molar-refractivity contribution in [3.8, 4) is 0 Å². The Kier molecular flexibility index (Phi) is 4.94. The van der Waals surface area contributed by atoms with Crippen molar-refractivity contribution in [1.29, 1.82) is 0 Å². The maximum absolute atomic E-state index is 12.5. The van der Waals surface area contributed by atoms with Gasteiger partial charge in [-0.1, -0.05) is 18.2 Å². The zero-order chi connectivity index (χ0) is 20.8. The van der Waals surface area contributed by atoms with E-state index in [2.05, 4.69) is 60.8 Å². The molecule has 2 amide bonds. The minimum absolute atomic E-state index is 0.140. The second kappa shape index (κ2) is 7.62. The molecule has 2 N–H and O–H groups in total. The van der Waals surface area contributed by atoms with E-state index >= 15 is 0 Å². The number of rotatable bonds is 2. The number of benzene rings is 2. The quantitative estimate of drug-likeness (QED) is 0.304. The molecule has 0 spiro atoms. The van der Waals surface area contributed by atoms with E-state index in [-0.39, 0.29) is 11.8 Å². The van der Waals surface area contributed by atoms with Crippen LogP contribution in [-0.2, 0) is 9.59 Å². The summed E-state index contributed by atoms with van der Waals surface area (Å²) in [5.74, 6) is -0.281. The van der Waals surface area contributed by atoms with Crippen molar-refractivity contribution < 1.29 is 9.59 Å². The maximum Gasteiger partial charge on any atom is 0.256 e. The molecule has 146 valence electrons. The molecule has 0 unspecified atom stereocenters. The summed E-state index contributed by atoms with van der Waals surface area (Å²) in [4.78, 5) is 29.6. The molecule has 7 heteroatoms. The van der Waals surface area contributed by atoms with Crippen molar-refractivity contribution >= 4 is 91.7 Å². The summed E-state index contributed by atoms with van der Waals surface area (Å²) < 4.78 is 2.00. The molecule has 0 saturated carbocycles. The molecule has 0 radical (unpaired) electrons. The van der Waals surface area contributed by atoms with Gasteiger partial charge in [-0.15, -0.1) is 0 Å². The van der Waals surface area contributed by atoms with E-state index in [0.717, 1.165) is 29.6 Å². The number of anilines is 2. The van der Waals surface area contributed by atoms with Crippen molar-refractivity contribution in [3.63, 3.8) is 0 Å². The monoisotopic (exact) mass is 617 g/mol. The molecule has 0 atom stereocenters. The molecule has 1 aromatic heterocycles. The molecule has 2 aliphatic rings. The van der Waals surface area contributed by atoms with Gasteiger partial charge in [0.05, 0.1) is 33.9 Å². The third-order valence-electron chi connectivity index (χ3n) is 4.93. The molecule has 0 bridgehead atoms. The van der Waals surface area contributed by atoms with Gasteiger partial charge in [0.2, 0.25) is 0 Å². The standard InChI is InChI=1S/C23H13I2N3O2/c24-16-6-2-8-18-20(16)14(22(29)27-18)10-12-4-1-5-13(26-12)11-15-21-17(25)7-3-9-19(21)28-23(15)30/h1-11H,(H,27,29)(H,28,30)/b14-10+,15-11+. The summed E-state index contributed by atoms with van der Waals surface area (Å²) >= 11 is 4.46. The average molecular weight is 617 g/mol. The first kappa shape index (κ1) is 19.4. The fraction of sp³-hybridized carbons (Fsp3) is 0. The van der Waals surface area contributed by atoms with Crippen molar-refractivity contribution in [2.75, 3.05) is 10.6 Å². The topological polar surface area (TPSA) is 71.1 Å². The molecule has 2 aliphatic heterocycles. The first-order valence-corrected chi connectivity index (χ1v) is 11.3. The zero-order valence-corrected chi connectivity index (χ0v) is 19.7. The molecule has 0 saturated heterocycles. The second-order valence-corrected chi connectivity index (χ2v) is 9.16. The molecule has 30 heavy (non-hydrogen) atoms. The van der Waals surface area contributed by atoms with Gasteiger partial charge in [0.1, 0.15) is 0 Å². The van der Waals surface area contributed by atoms with Gasteiger partial charge in [-0.3, -0.25) is 9.59 Å². The smallest absolute Gasteiger partial charge is 0.256 e. The highest BCUT2D eigenvalue weighted by Gasteiger charge is 2.27. The van der Waals surface area contributed by atoms with Crippen LogP contribution in [0.5, 0.6) is 0 Å². The Morgan fingerprint density at radius 3 is 1.57 bits per heavy atom. The number of hydrogen-bond donors (Lipinski definition) is 2. The third kappa shape index (κ3) is 3.35. The number of halogens is 2. The maximum atomic E-state index is 12.5. The van der Waals surface area contributed by atoms with Gasteiger partial charge in [0.25, 0.3) is 11.8 Å². The Labute approximate surface area is 200 Å². The van der Waals surface area contributed by atoms with Crippen LogP contribution in [0, 0.1) is 7.14 Å². The lowest BCUT2D eigenvalue weighted by Crippen LogP contribution is -2.04. The van der Waals surface area contributed by atoms with E-state index in [0.29, 0.717) is 22.5 Å². The van der Waals surface area contributed by atoms with Crippen LogP contribution in [0.1, 0.15) is 22.5 Å². The highest BCUT2D eigenvalue weighted by molar-refractivity contribution is 14.1. The van der Waals surface area contributed by atoms with Gasteiger partial charge < -0.3 is 10.6 Å². The minimum Gasteiger partial charge on any atom is -0.321 e. The summed E-state index contributed by atoms with van der Waals surface area (Å²) in [6, 6.07) is 17.1. The molecular formula is C23H13I2N3O2. The van der Waals surface area contributed by atoms with Gasteiger partial charge in [-0.05, 0) is 93.7 Å². The Hall–Kier alpha value is -2.53. The number of carbonyl (C=O) groups excluding carboxylic acids is 2. The predicted octanol–water partition coefficient (Wildman–Crippen LogP) is 5.28. The lowest BCUT2D eigenvalue weighted by atomic mass is 10.0. The average Bonchev–Trinajstić information content (AvgIpc) is 3.20. The minimum atomic E-state index is -0.140. The van der Waals surface area contributed by atoms with Gasteiger partial charge in [0.15, 0.2) is 0 Å². The summed E-state index contributed by atoms with van der Waals surface area (Å²) in [5, 5.41) is 5.80. The SMILES string of the molecule is O=C1Nc2cccc(I)c2/C1=C\c1cccc(/C=C2/C(=O)Nc3cccc(I)c32)n1. The van der Waals surface area contributed by atoms with Crippen LogP contribution in [0.4, 0.5) is 11.4 Å². The first-order valence-electron chi connectivity index (χ1n) is 9.12. The lowest BCUT2D eigenvalue weighted by molar-refractivity contribution is -0.111. The Balaban J connectivity index is 1.56. The number of nitrogens with one attached hydrogen (secondary N) is 2. The van der Waals surface area contributed by atoms with Crippen molar-refractivity contribution in [2.45, 2.75) is 0 Å². The van der Waals surface area contributed by atoms with Crippen LogP contribution in [0.15, 0.2) is 54.6 Å². The fourth-order valence-corrected chi connectivity index (χ4v) is 5.19. The second-order valence-electron chi connectivity index (χ2n) is 6.84. The normalized spacial score (nSPS) is 17.1. The Morgan fingerprint density at radius 2 is 1.10 bits per heavy atom. The van der Waals surface area contributed by atoms with E-state index < -0.39 is 0 Å². The molecular weight excluding hydrogens is 604 g/mol. The van der Waals surface area contributed by atoms with Gasteiger partial charge in [0, 0.05) is 18.3 Å². The molecule has 5 nitrogen and oxygen atoms in total. The molecule has 5 rings (SSSR count). The van der Waals surface area contributed by atoms with Crippen molar-refractivity contribution in [3.05, 3.63) is 84.3 Å². The largest absolute Gasteiger partial charge is 0.321 e. The first-order chi connectivity index (χ1) is 14.5. The molecule has 0 aliphatic carbocycles. The van der Waals surface area contributed by atoms with Gasteiger partial charge >= 0.3 is 0 Å². The van der Waals surface area contributed by atoms with E-state index in [4.69, 9.17) is 0 Å². The van der Waals surface area contributed by atoms with E-state index in [1.165, 1.54) is 0 Å². The number of carbonyl (C=O) groups is 2. The number of amides is 2. The van der Waals surface area contributed by atoms with Crippen LogP contribution in [-0.4, -0.2) is 16.8 Å². The van der Waals surface area contributed by atoms with Gasteiger partial charge in [-0.2, -0.15) is 0 Å². The molecule has 0 fully saturated rings. The lowest BCUT2D eigenvalue weighted by Gasteiger charge is -2.03. The van der Waals surface area contributed by atoms with E-state index in [9.17, 15) is 9.59 Å². The Bertz CT molecular complexity index is 1210. The molecule has 2 aromatic carbocycles. The summed E-state index contributed by atoms with van der Waals surface area (Å²) in [7, 11) is 0. The molecule has 3 aromatic rings. The number of pyridine rings is 1. The van der Waals surface area contributed by atoms with E-state index in [1.54, 1.807) is 12.2 Å². The zero-order valence-electron chi connectivity index (χ0n) is 15.4. The number of fused-ring (bicyclic) bond motifs is 2. The van der Waals surface area contributed by atoms with Crippen molar-refractivity contribution in [1.82, 2.24) is 4.98 Å². The van der Waals surface area contributed by atoms with Crippen LogP contribution in [0.25, 0.3) is 23.3 Å². The summed E-state index contributed by atoms with van der Waals surface area (Å²) in [6.45, 7) is 0. The predicted molar refractivity (Wildman–Crippen MR) is 136 cm³/mol. The van der Waals surface area contributed by atoms with Crippen LogP contribution >= 0.6 is 45.2 Å². The van der Waals surface area contributed by atoms with Crippen molar-refractivity contribution in [2.24, 2.45) is 0 Å². The Morgan fingerprint density at radius 1 is 0.667 bits per heavy atom. The summed E-state index contributed by atoms with van der Waals surface area (Å²) in [5.41, 5.74) is 5.90. The van der Waals surface area contributed by atoms with Crippen LogP contribution < -0.4 is 10.6 Å². The highest BCUT2D eigenvalue weighted by Crippen LogP contribution is 2.37. The summed E-state index contributed by atoms with van der Waals surface area (Å²) in [6.07, 6.45) is 3.58. The third-order valence-corrected chi connectivity index (χ3v) is 6.73. The molecule has 3 heterocycles. The van der Waals surface area contributed by atoms with Crippen LogP contribution in [0.3, 0.4) is 0 Å². The fourth-order valence-electron chi connectivity index (χ4n) is 3.61. The van der Waals surface area contributed by atoms with Gasteiger partial charge in [-0.25, -0.2) is 4.98 Å². The highest BCUT2D eigenvalue weighted by atomic mass is 127. The van der Waals surface area contributed by atoms with Crippen LogP contribution in [0.2, 0.25) is 0 Å². The number of nitrogens with zero attached hydrogens (tertiary/aromatic N) is 1. The number of aromatic nitrogens is 1. The number of hydrogen-bond acceptors (Lipinski definition) is 3.